The van der Waals surface area contributed by atoms with E-state index >= 15 is 0 Å². The minimum absolute atomic E-state index is 0.882. The molecule has 0 aliphatic carbocycles. The molecule has 0 saturated heterocycles. The Morgan fingerprint density at radius 1 is 1.07 bits per heavy atom. The van der Waals surface area contributed by atoms with E-state index in [1.165, 1.54) is 13.8 Å². The van der Waals surface area contributed by atoms with Gasteiger partial charge in [-0.25, -0.2) is 13.2 Å². The van der Waals surface area contributed by atoms with Crippen molar-refractivity contribution in [2.75, 3.05) is 0 Å². The molecule has 0 saturated carbocycles. The second-order valence-corrected chi connectivity index (χ2v) is 9.55. The zero-order valence-corrected chi connectivity index (χ0v) is 11.2. The van der Waals surface area contributed by atoms with Crippen molar-refractivity contribution < 1.29 is 37.3 Å². The van der Waals surface area contributed by atoms with Gasteiger partial charge in [0, 0.05) is 0 Å². The van der Waals surface area contributed by atoms with Crippen LogP contribution in [0.1, 0.15) is 13.8 Å². The fourth-order valence-corrected chi connectivity index (χ4v) is 5.43. The average Bonchev–Trinajstić information content (AvgIpc) is 1.75. The molecule has 0 amide bonds. The zero-order chi connectivity index (χ0) is 12.5. The maximum absolute atomic E-state index is 11.2. The van der Waals surface area contributed by atoms with Gasteiger partial charge in [0.2, 0.25) is 0 Å². The molecule has 2 atom stereocenters. The normalized spacial score (nSPS) is 21.0. The van der Waals surface area contributed by atoms with E-state index in [1.54, 1.807) is 0 Å². The van der Waals surface area contributed by atoms with Crippen LogP contribution in [0, 0.1) is 0 Å². The first-order valence-electron chi connectivity index (χ1n) is 3.49. The van der Waals surface area contributed by atoms with Crippen molar-refractivity contribution in [3.8, 4) is 0 Å². The van der Waals surface area contributed by atoms with E-state index in [0.29, 0.717) is 0 Å². The zero-order valence-electron chi connectivity index (χ0n) is 7.75. The Morgan fingerprint density at radius 2 is 1.47 bits per heavy atom. The molecule has 92 valence electrons. The third-order valence-electron chi connectivity index (χ3n) is 1.08. The summed E-state index contributed by atoms with van der Waals surface area (Å²) >= 11 is 4.16. The molecular weight excluding hydrogens is 289 g/mol. The van der Waals surface area contributed by atoms with Gasteiger partial charge in [-0.2, -0.15) is 0 Å². The molecule has 0 aliphatic heterocycles. The van der Waals surface area contributed by atoms with Crippen LogP contribution in [0.25, 0.3) is 0 Å². The van der Waals surface area contributed by atoms with Gasteiger partial charge in [0.1, 0.15) is 0 Å². The van der Waals surface area contributed by atoms with Crippen LogP contribution in [0.15, 0.2) is 0 Å². The molecule has 8 nitrogen and oxygen atoms in total. The van der Waals surface area contributed by atoms with Gasteiger partial charge in [-0.15, -0.1) is 0 Å². The molecule has 0 spiro atoms. The summed E-state index contributed by atoms with van der Waals surface area (Å²) in [5, 5.41) is 0. The van der Waals surface area contributed by atoms with Crippen LogP contribution in [0.2, 0.25) is 0 Å². The van der Waals surface area contributed by atoms with E-state index < -0.39 is 27.8 Å². The van der Waals surface area contributed by atoms with Gasteiger partial charge in [-0.05, 0) is 11.8 Å². The lowest BCUT2D eigenvalue weighted by Crippen LogP contribution is -2.01. The van der Waals surface area contributed by atoms with Crippen molar-refractivity contribution in [2.45, 2.75) is 19.5 Å². The Labute approximate surface area is 91.3 Å². The predicted molar refractivity (Wildman–Crippen MR) is 55.7 cm³/mol. The highest BCUT2D eigenvalue weighted by atomic mass is 32.5. The van der Waals surface area contributed by atoms with E-state index in [0.717, 1.165) is 0 Å². The fraction of sp³-hybridized carbons (Fsp3) is 1.00. The second kappa shape index (κ2) is 5.02. The molecular formula is C3H11O8P3S. The first-order chi connectivity index (χ1) is 6.36. The molecule has 0 aromatic carbocycles. The predicted octanol–water partition coefficient (Wildman–Crippen LogP) is 0.923. The molecule has 4 N–H and O–H groups in total. The minimum Gasteiger partial charge on any atom is -0.324 e. The van der Waals surface area contributed by atoms with Crippen molar-refractivity contribution >= 4 is 33.9 Å². The first kappa shape index (κ1) is 15.9. The first-order valence-corrected chi connectivity index (χ1v) is 9.26. The summed E-state index contributed by atoms with van der Waals surface area (Å²) in [7, 11) is -9.31. The van der Waals surface area contributed by atoms with Gasteiger partial charge in [-0.1, -0.05) is 13.8 Å². The third kappa shape index (κ3) is 6.92. The van der Waals surface area contributed by atoms with Gasteiger partial charge in [0.25, 0.3) is 0 Å². The summed E-state index contributed by atoms with van der Waals surface area (Å²) in [5.74, 6) is 0. The summed E-state index contributed by atoms with van der Waals surface area (Å²) in [5.41, 5.74) is -0.882. The van der Waals surface area contributed by atoms with Crippen LogP contribution < -0.4 is 0 Å². The van der Waals surface area contributed by atoms with Crippen LogP contribution in [-0.2, 0) is 29.6 Å². The molecule has 0 fully saturated rings. The van der Waals surface area contributed by atoms with E-state index in [1.807, 2.05) is 0 Å². The molecule has 0 radical (unpaired) electrons. The Kier molecular flexibility index (Phi) is 5.31. The number of rotatable bonds is 5. The van der Waals surface area contributed by atoms with Crippen molar-refractivity contribution in [3.05, 3.63) is 0 Å². The lowest BCUT2D eigenvalue weighted by atomic mass is 10.6. The van der Waals surface area contributed by atoms with E-state index in [4.69, 9.17) is 19.6 Å². The molecule has 2 unspecified atom stereocenters. The van der Waals surface area contributed by atoms with Crippen LogP contribution in [0.3, 0.4) is 0 Å². The van der Waals surface area contributed by atoms with Crippen molar-refractivity contribution in [3.63, 3.8) is 0 Å². The molecule has 0 aromatic rings. The number of hydrogen-bond acceptors (Lipinski definition) is 5. The Hall–Kier alpha value is 0.870. The monoisotopic (exact) mass is 300 g/mol. The van der Waals surface area contributed by atoms with Gasteiger partial charge >= 0.3 is 22.1 Å². The highest BCUT2D eigenvalue weighted by Gasteiger charge is 2.37. The highest BCUT2D eigenvalue weighted by Crippen LogP contribution is 2.67. The lowest BCUT2D eigenvalue weighted by Gasteiger charge is -2.21. The van der Waals surface area contributed by atoms with Gasteiger partial charge in [-0.3, -0.25) is 4.57 Å². The smallest absolute Gasteiger partial charge is 0.324 e. The lowest BCUT2D eigenvalue weighted by molar-refractivity contribution is 0.255. The van der Waals surface area contributed by atoms with Gasteiger partial charge in [0.15, 0.2) is 0 Å². The summed E-state index contributed by atoms with van der Waals surface area (Å²) in [6.07, 6.45) is 0. The molecule has 0 aromatic heterocycles. The topological polar surface area (TPSA) is 134 Å². The SMILES string of the molecule is CC(C)P(=O)(O)OP(O)(=S)OP(=O)(O)O. The van der Waals surface area contributed by atoms with Gasteiger partial charge < -0.3 is 19.6 Å². The summed E-state index contributed by atoms with van der Waals surface area (Å²) in [4.78, 5) is 34.9. The number of hydrogen-bond donors (Lipinski definition) is 4. The Morgan fingerprint density at radius 3 is 1.73 bits per heavy atom. The van der Waals surface area contributed by atoms with Crippen LogP contribution in [-0.4, -0.2) is 25.2 Å². The Balaban J connectivity index is 4.74. The molecule has 15 heavy (non-hydrogen) atoms. The maximum Gasteiger partial charge on any atom is 0.476 e. The van der Waals surface area contributed by atoms with Crippen molar-refractivity contribution in [1.82, 2.24) is 0 Å². The van der Waals surface area contributed by atoms with Crippen molar-refractivity contribution in [2.24, 2.45) is 0 Å². The summed E-state index contributed by atoms with van der Waals surface area (Å²) < 4.78 is 29.4. The molecule has 12 heteroatoms. The van der Waals surface area contributed by atoms with Crippen LogP contribution in [0.4, 0.5) is 0 Å². The molecule has 0 rings (SSSR count). The largest absolute Gasteiger partial charge is 0.476 e. The third-order valence-corrected chi connectivity index (χ3v) is 7.03. The quantitative estimate of drug-likeness (QED) is 0.547. The maximum atomic E-state index is 11.2. The Bertz CT molecular complexity index is 358. The van der Waals surface area contributed by atoms with E-state index in [9.17, 15) is 9.13 Å². The second-order valence-electron chi connectivity index (χ2n) is 2.78. The summed E-state index contributed by atoms with van der Waals surface area (Å²) in [6, 6.07) is 0. The summed E-state index contributed by atoms with van der Waals surface area (Å²) in [6.45, 7) is -1.81. The average molecular weight is 300 g/mol. The van der Waals surface area contributed by atoms with Crippen LogP contribution in [0.5, 0.6) is 0 Å². The minimum atomic E-state index is -5.07. The molecule has 0 aliphatic rings. The van der Waals surface area contributed by atoms with E-state index in [2.05, 4.69) is 20.4 Å². The van der Waals surface area contributed by atoms with Crippen molar-refractivity contribution in [1.29, 1.82) is 0 Å². The fourth-order valence-electron chi connectivity index (χ4n) is 0.391. The van der Waals surface area contributed by atoms with Crippen LogP contribution >= 0.6 is 22.1 Å². The molecule has 0 heterocycles. The van der Waals surface area contributed by atoms with E-state index in [-0.39, 0.29) is 0 Å². The molecule has 0 bridgehead atoms. The highest BCUT2D eigenvalue weighted by molar-refractivity contribution is 8.09. The standard InChI is InChI=1S/C3H11O8P3S/c1-3(2)12(4,5)10-14(9,15)11-13(6,7)8/h3H,1-2H3,(H,4,5)(H,9,15)(H2,6,7,8). The van der Waals surface area contributed by atoms with Gasteiger partial charge in [0.05, 0.1) is 5.66 Å². The number of phosphoric acid groups is 1.